The number of ketones is 1. The van der Waals surface area contributed by atoms with E-state index in [0.29, 0.717) is 28.6 Å². The van der Waals surface area contributed by atoms with Crippen molar-refractivity contribution in [3.05, 3.63) is 45.1 Å². The lowest BCUT2D eigenvalue weighted by Gasteiger charge is -2.07. The smallest absolute Gasteiger partial charge is 0.212 e. The van der Waals surface area contributed by atoms with Gasteiger partial charge < -0.3 is 4.74 Å². The van der Waals surface area contributed by atoms with E-state index in [1.165, 1.54) is 6.20 Å². The van der Waals surface area contributed by atoms with Crippen molar-refractivity contribution < 1.29 is 9.53 Å². The molecule has 0 saturated heterocycles. The molecule has 1 aromatic heterocycles. The van der Waals surface area contributed by atoms with Gasteiger partial charge in [-0.1, -0.05) is 11.6 Å². The van der Waals surface area contributed by atoms with Gasteiger partial charge in [0.15, 0.2) is 0 Å². The zero-order chi connectivity index (χ0) is 14.0. The molecule has 0 N–H and O–H groups in total. The van der Waals surface area contributed by atoms with Crippen LogP contribution in [0.4, 0.5) is 0 Å². The summed E-state index contributed by atoms with van der Waals surface area (Å²) in [7, 11) is 1.57. The molecular weight excluding hydrogens is 332 g/mol. The van der Waals surface area contributed by atoms with Gasteiger partial charge in [-0.15, -0.1) is 0 Å². The lowest BCUT2D eigenvalue weighted by Crippen LogP contribution is -2.11. The van der Waals surface area contributed by atoms with Crippen LogP contribution in [-0.2, 0) is 6.54 Å². The Hall–Kier alpha value is -1.33. The molecule has 2 aromatic rings. The second-order valence-electron chi connectivity index (χ2n) is 3.84. The van der Waals surface area contributed by atoms with Gasteiger partial charge in [-0.25, -0.2) is 0 Å². The third kappa shape index (κ3) is 2.67. The molecule has 6 heteroatoms. The van der Waals surface area contributed by atoms with Crippen molar-refractivity contribution in [2.75, 3.05) is 7.11 Å². The SMILES string of the molecule is CCn1ncc(Cl)c1C(=O)c1ccc(OC)c(Br)c1. The highest BCUT2D eigenvalue weighted by Gasteiger charge is 2.19. The van der Waals surface area contributed by atoms with E-state index in [-0.39, 0.29) is 5.78 Å². The van der Waals surface area contributed by atoms with Gasteiger partial charge >= 0.3 is 0 Å². The van der Waals surface area contributed by atoms with E-state index in [9.17, 15) is 4.79 Å². The molecule has 0 saturated carbocycles. The Balaban J connectivity index is 2.44. The highest BCUT2D eigenvalue weighted by atomic mass is 79.9. The minimum atomic E-state index is -0.160. The summed E-state index contributed by atoms with van der Waals surface area (Å²) in [6.07, 6.45) is 1.48. The minimum absolute atomic E-state index is 0.160. The molecule has 1 heterocycles. The molecule has 0 radical (unpaired) electrons. The summed E-state index contributed by atoms with van der Waals surface area (Å²) in [6.45, 7) is 2.50. The maximum absolute atomic E-state index is 12.5. The monoisotopic (exact) mass is 342 g/mol. The molecule has 100 valence electrons. The number of nitrogens with zero attached hydrogens (tertiary/aromatic N) is 2. The number of aromatic nitrogens is 2. The predicted octanol–water partition coefficient (Wildman–Crippen LogP) is 3.56. The average Bonchev–Trinajstić information content (AvgIpc) is 2.78. The topological polar surface area (TPSA) is 44.1 Å². The first-order chi connectivity index (χ1) is 9.08. The third-order valence-electron chi connectivity index (χ3n) is 2.72. The highest BCUT2D eigenvalue weighted by molar-refractivity contribution is 9.10. The summed E-state index contributed by atoms with van der Waals surface area (Å²) in [5.41, 5.74) is 0.936. The summed E-state index contributed by atoms with van der Waals surface area (Å²) in [5.74, 6) is 0.513. The van der Waals surface area contributed by atoms with Gasteiger partial charge in [0, 0.05) is 12.1 Å². The van der Waals surface area contributed by atoms with E-state index in [1.54, 1.807) is 30.0 Å². The van der Waals surface area contributed by atoms with Crippen molar-refractivity contribution in [1.29, 1.82) is 0 Å². The van der Waals surface area contributed by atoms with E-state index in [0.717, 1.165) is 4.47 Å². The fourth-order valence-electron chi connectivity index (χ4n) is 1.77. The Morgan fingerprint density at radius 2 is 2.26 bits per heavy atom. The van der Waals surface area contributed by atoms with Crippen LogP contribution in [0, 0.1) is 0 Å². The number of methoxy groups -OCH3 is 1. The highest BCUT2D eigenvalue weighted by Crippen LogP contribution is 2.27. The van der Waals surface area contributed by atoms with Crippen molar-refractivity contribution in [2.24, 2.45) is 0 Å². The normalized spacial score (nSPS) is 10.5. The van der Waals surface area contributed by atoms with E-state index in [1.807, 2.05) is 6.92 Å². The lowest BCUT2D eigenvalue weighted by molar-refractivity contribution is 0.102. The molecule has 19 heavy (non-hydrogen) atoms. The fourth-order valence-corrected chi connectivity index (χ4v) is 2.54. The first kappa shape index (κ1) is 14.1. The van der Waals surface area contributed by atoms with Crippen LogP contribution in [0.1, 0.15) is 23.0 Å². The van der Waals surface area contributed by atoms with Gasteiger partial charge in [0.05, 0.1) is 22.8 Å². The summed E-state index contributed by atoms with van der Waals surface area (Å²) in [6, 6.07) is 5.15. The van der Waals surface area contributed by atoms with Crippen LogP contribution in [0.5, 0.6) is 5.75 Å². The van der Waals surface area contributed by atoms with Gasteiger partial charge in [-0.2, -0.15) is 5.10 Å². The standard InChI is InChI=1S/C13H12BrClN2O2/c1-3-17-12(10(15)7-16-17)13(18)8-4-5-11(19-2)9(14)6-8/h4-7H,3H2,1-2H3. The summed E-state index contributed by atoms with van der Waals surface area (Å²) in [5, 5.41) is 4.42. The number of aryl methyl sites for hydroxylation is 1. The summed E-state index contributed by atoms with van der Waals surface area (Å²) < 4.78 is 7.45. The molecule has 0 unspecified atom stereocenters. The van der Waals surface area contributed by atoms with Crippen molar-refractivity contribution in [2.45, 2.75) is 13.5 Å². The van der Waals surface area contributed by atoms with E-state index in [4.69, 9.17) is 16.3 Å². The van der Waals surface area contributed by atoms with Gasteiger partial charge in [0.2, 0.25) is 5.78 Å². The van der Waals surface area contributed by atoms with Crippen LogP contribution in [0.2, 0.25) is 5.02 Å². The number of benzene rings is 1. The summed E-state index contributed by atoms with van der Waals surface area (Å²) >= 11 is 9.39. The van der Waals surface area contributed by atoms with Crippen LogP contribution in [-0.4, -0.2) is 22.7 Å². The largest absolute Gasteiger partial charge is 0.496 e. The van der Waals surface area contributed by atoms with Crippen molar-refractivity contribution in [1.82, 2.24) is 9.78 Å². The fraction of sp³-hybridized carbons (Fsp3) is 0.231. The number of carbonyl (C=O) groups is 1. The quantitative estimate of drug-likeness (QED) is 0.797. The molecule has 0 bridgehead atoms. The van der Waals surface area contributed by atoms with Gasteiger partial charge in [-0.3, -0.25) is 9.48 Å². The first-order valence-electron chi connectivity index (χ1n) is 5.68. The molecule has 2 rings (SSSR count). The molecule has 4 nitrogen and oxygen atoms in total. The second-order valence-corrected chi connectivity index (χ2v) is 5.10. The van der Waals surface area contributed by atoms with Crippen LogP contribution in [0.25, 0.3) is 0 Å². The number of carbonyl (C=O) groups excluding carboxylic acids is 1. The number of ether oxygens (including phenoxy) is 1. The summed E-state index contributed by atoms with van der Waals surface area (Å²) in [4.78, 5) is 12.5. The van der Waals surface area contributed by atoms with Crippen LogP contribution in [0.3, 0.4) is 0 Å². The van der Waals surface area contributed by atoms with Crippen molar-refractivity contribution in [3.63, 3.8) is 0 Å². The third-order valence-corrected chi connectivity index (χ3v) is 3.62. The van der Waals surface area contributed by atoms with Gasteiger partial charge in [0.25, 0.3) is 0 Å². The van der Waals surface area contributed by atoms with Crippen molar-refractivity contribution in [3.8, 4) is 5.75 Å². The Morgan fingerprint density at radius 1 is 1.53 bits per heavy atom. The number of hydrogen-bond donors (Lipinski definition) is 0. The van der Waals surface area contributed by atoms with Crippen molar-refractivity contribution >= 4 is 33.3 Å². The number of rotatable bonds is 4. The van der Waals surface area contributed by atoms with Crippen LogP contribution in [0.15, 0.2) is 28.9 Å². The lowest BCUT2D eigenvalue weighted by atomic mass is 10.1. The minimum Gasteiger partial charge on any atom is -0.496 e. The Bertz CT molecular complexity index is 625. The van der Waals surface area contributed by atoms with E-state index < -0.39 is 0 Å². The second kappa shape index (κ2) is 5.75. The van der Waals surface area contributed by atoms with Gasteiger partial charge in [-0.05, 0) is 41.1 Å². The molecule has 0 aliphatic rings. The number of hydrogen-bond acceptors (Lipinski definition) is 3. The van der Waals surface area contributed by atoms with Crippen LogP contribution < -0.4 is 4.74 Å². The molecule has 0 atom stereocenters. The Kier molecular flexibility index (Phi) is 4.27. The Morgan fingerprint density at radius 3 is 2.84 bits per heavy atom. The van der Waals surface area contributed by atoms with E-state index in [2.05, 4.69) is 21.0 Å². The zero-order valence-corrected chi connectivity index (χ0v) is 12.8. The maximum atomic E-state index is 12.5. The van der Waals surface area contributed by atoms with Crippen LogP contribution >= 0.6 is 27.5 Å². The molecule has 0 amide bonds. The van der Waals surface area contributed by atoms with E-state index >= 15 is 0 Å². The predicted molar refractivity (Wildman–Crippen MR) is 77.0 cm³/mol. The zero-order valence-electron chi connectivity index (χ0n) is 10.5. The van der Waals surface area contributed by atoms with Gasteiger partial charge in [0.1, 0.15) is 11.4 Å². The molecule has 0 aliphatic heterocycles. The molecule has 1 aromatic carbocycles. The molecule has 0 aliphatic carbocycles. The first-order valence-corrected chi connectivity index (χ1v) is 6.85. The number of halogens is 2. The Labute approximate surface area is 124 Å². The molecule has 0 spiro atoms. The average molecular weight is 344 g/mol. The molecule has 0 fully saturated rings. The molecular formula is C13H12BrClN2O2. The maximum Gasteiger partial charge on any atom is 0.212 e.